The molecule has 0 radical (unpaired) electrons. The molecule has 0 aliphatic carbocycles. The van der Waals surface area contributed by atoms with Crippen molar-refractivity contribution >= 4 is 34.9 Å². The van der Waals surface area contributed by atoms with Crippen LogP contribution in [0.5, 0.6) is 5.75 Å². The van der Waals surface area contributed by atoms with E-state index >= 15 is 0 Å². The molecule has 0 aliphatic rings. The monoisotopic (exact) mass is 459 g/mol. The predicted molar refractivity (Wildman–Crippen MR) is 115 cm³/mol. The fraction of sp³-hybridized carbons (Fsp3) is 0.0952. The molecule has 0 spiro atoms. The lowest BCUT2D eigenvalue weighted by Crippen LogP contribution is -2.15. The molecule has 4 aromatic rings. The molecule has 158 valence electrons. The normalized spacial score (nSPS) is 10.8. The Bertz CT molecular complexity index is 1190. The molecule has 1 amide bonds. The lowest BCUT2D eigenvalue weighted by atomic mass is 10.2. The number of nitrogens with one attached hydrogen (secondary N) is 1. The van der Waals surface area contributed by atoms with E-state index in [9.17, 15) is 9.18 Å². The summed E-state index contributed by atoms with van der Waals surface area (Å²) in [6.45, 7) is 0.539. The highest BCUT2D eigenvalue weighted by atomic mass is 35.5. The molecule has 0 unspecified atom stereocenters. The average molecular weight is 460 g/mol. The maximum Gasteiger partial charge on any atom is 0.277 e. The summed E-state index contributed by atoms with van der Waals surface area (Å²) in [5, 5.41) is 12.1. The van der Waals surface area contributed by atoms with Gasteiger partial charge in [-0.05, 0) is 48.0 Å². The molecule has 2 aromatic heterocycles. The van der Waals surface area contributed by atoms with E-state index in [0.717, 1.165) is 5.56 Å². The van der Waals surface area contributed by atoms with Crippen LogP contribution < -0.4 is 10.1 Å². The number of anilines is 1. The van der Waals surface area contributed by atoms with Gasteiger partial charge in [0.25, 0.3) is 5.91 Å². The van der Waals surface area contributed by atoms with Crippen LogP contribution in [0.15, 0.2) is 67.0 Å². The Labute approximate surface area is 187 Å². The molecule has 10 heteroatoms. The summed E-state index contributed by atoms with van der Waals surface area (Å²) in [4.78, 5) is 12.5. The third-order valence-electron chi connectivity index (χ3n) is 4.26. The second kappa shape index (κ2) is 9.20. The number of amides is 1. The van der Waals surface area contributed by atoms with Crippen molar-refractivity contribution in [2.45, 2.75) is 13.3 Å². The highest BCUT2D eigenvalue weighted by Crippen LogP contribution is 2.21. The van der Waals surface area contributed by atoms with E-state index in [1.54, 1.807) is 35.3 Å². The van der Waals surface area contributed by atoms with Gasteiger partial charge in [0.2, 0.25) is 0 Å². The lowest BCUT2D eigenvalue weighted by Gasteiger charge is -2.05. The molecule has 7 nitrogen and oxygen atoms in total. The van der Waals surface area contributed by atoms with E-state index in [-0.39, 0.29) is 24.1 Å². The van der Waals surface area contributed by atoms with Crippen molar-refractivity contribution in [1.82, 2.24) is 19.6 Å². The minimum absolute atomic E-state index is 0.0649. The van der Waals surface area contributed by atoms with Crippen molar-refractivity contribution < 1.29 is 13.9 Å². The molecule has 0 fully saturated rings. The summed E-state index contributed by atoms with van der Waals surface area (Å²) in [7, 11) is 0. The van der Waals surface area contributed by atoms with Gasteiger partial charge in [-0.15, -0.1) is 0 Å². The average Bonchev–Trinajstić information content (AvgIpc) is 3.36. The number of carbonyl (C=O) groups excluding carboxylic acids is 1. The number of benzene rings is 2. The SMILES string of the molecule is O=C(Nc1nn(Cc2ccc(Cl)cc2)cc1Cl)c1ccn(COc2ccc(F)cc2)n1. The second-order valence-corrected chi connectivity index (χ2v) is 7.42. The minimum Gasteiger partial charge on any atom is -0.471 e. The molecule has 0 saturated heterocycles. The Morgan fingerprint density at radius 3 is 2.48 bits per heavy atom. The van der Waals surface area contributed by atoms with Gasteiger partial charge in [-0.25, -0.2) is 9.07 Å². The van der Waals surface area contributed by atoms with E-state index in [2.05, 4.69) is 15.5 Å². The predicted octanol–water partition coefficient (Wildman–Crippen LogP) is 4.86. The third kappa shape index (κ3) is 5.42. The molecule has 0 aliphatic heterocycles. The molecule has 2 heterocycles. The first-order valence-corrected chi connectivity index (χ1v) is 9.92. The summed E-state index contributed by atoms with van der Waals surface area (Å²) < 4.78 is 21.5. The number of ether oxygens (including phenoxy) is 1. The Hall–Kier alpha value is -3.36. The van der Waals surface area contributed by atoms with E-state index in [0.29, 0.717) is 22.3 Å². The Morgan fingerprint density at radius 1 is 1.00 bits per heavy atom. The van der Waals surface area contributed by atoms with Crippen molar-refractivity contribution in [2.24, 2.45) is 0 Å². The lowest BCUT2D eigenvalue weighted by molar-refractivity contribution is 0.101. The van der Waals surface area contributed by atoms with Crippen LogP contribution in [0.3, 0.4) is 0 Å². The van der Waals surface area contributed by atoms with E-state index in [4.69, 9.17) is 27.9 Å². The zero-order chi connectivity index (χ0) is 21.8. The fourth-order valence-electron chi connectivity index (χ4n) is 2.74. The molecule has 0 bridgehead atoms. The number of hydrogen-bond donors (Lipinski definition) is 1. The molecule has 2 aromatic carbocycles. The zero-order valence-electron chi connectivity index (χ0n) is 16.0. The van der Waals surface area contributed by atoms with E-state index in [1.807, 2.05) is 12.1 Å². The van der Waals surface area contributed by atoms with Crippen LogP contribution in [0, 0.1) is 5.82 Å². The van der Waals surface area contributed by atoms with Gasteiger partial charge in [0, 0.05) is 17.4 Å². The summed E-state index contributed by atoms with van der Waals surface area (Å²) in [5.74, 6) is -0.0857. The smallest absolute Gasteiger partial charge is 0.277 e. The van der Waals surface area contributed by atoms with Crippen molar-refractivity contribution in [1.29, 1.82) is 0 Å². The van der Waals surface area contributed by atoms with Gasteiger partial charge in [-0.3, -0.25) is 9.48 Å². The summed E-state index contributed by atoms with van der Waals surface area (Å²) in [5.41, 5.74) is 1.16. The molecule has 1 N–H and O–H groups in total. The number of aromatic nitrogens is 4. The van der Waals surface area contributed by atoms with Crippen molar-refractivity contribution in [2.75, 3.05) is 5.32 Å². The third-order valence-corrected chi connectivity index (χ3v) is 4.79. The van der Waals surface area contributed by atoms with Gasteiger partial charge in [0.15, 0.2) is 18.2 Å². The Balaban J connectivity index is 1.36. The van der Waals surface area contributed by atoms with Gasteiger partial charge in [0.1, 0.15) is 16.6 Å². The molecule has 31 heavy (non-hydrogen) atoms. The maximum atomic E-state index is 12.9. The number of halogens is 3. The summed E-state index contributed by atoms with van der Waals surface area (Å²) in [6, 6.07) is 14.5. The number of nitrogens with zero attached hydrogens (tertiary/aromatic N) is 4. The first kappa shape index (κ1) is 20.9. The topological polar surface area (TPSA) is 74.0 Å². The first-order chi connectivity index (χ1) is 15.0. The van der Waals surface area contributed by atoms with E-state index < -0.39 is 5.91 Å². The van der Waals surface area contributed by atoms with Crippen molar-refractivity contribution in [3.63, 3.8) is 0 Å². The van der Waals surface area contributed by atoms with Gasteiger partial charge in [-0.1, -0.05) is 35.3 Å². The van der Waals surface area contributed by atoms with Crippen molar-refractivity contribution in [3.8, 4) is 5.75 Å². The van der Waals surface area contributed by atoms with Crippen LogP contribution in [0.2, 0.25) is 10.0 Å². The second-order valence-electron chi connectivity index (χ2n) is 6.57. The van der Waals surface area contributed by atoms with Crippen LogP contribution in [-0.4, -0.2) is 25.5 Å². The molecule has 0 atom stereocenters. The van der Waals surface area contributed by atoms with E-state index in [1.165, 1.54) is 28.9 Å². The van der Waals surface area contributed by atoms with Crippen LogP contribution in [0.1, 0.15) is 16.1 Å². The van der Waals surface area contributed by atoms with Crippen LogP contribution in [0.25, 0.3) is 0 Å². The zero-order valence-corrected chi connectivity index (χ0v) is 17.5. The van der Waals surface area contributed by atoms with Crippen LogP contribution in [0.4, 0.5) is 10.2 Å². The molecular formula is C21H16Cl2FN5O2. The quantitative estimate of drug-likeness (QED) is 0.428. The highest BCUT2D eigenvalue weighted by molar-refractivity contribution is 6.33. The largest absolute Gasteiger partial charge is 0.471 e. The van der Waals surface area contributed by atoms with Crippen LogP contribution in [-0.2, 0) is 13.3 Å². The Kier molecular flexibility index (Phi) is 6.20. The number of hydrogen-bond acceptors (Lipinski definition) is 4. The van der Waals surface area contributed by atoms with Gasteiger partial charge < -0.3 is 10.1 Å². The van der Waals surface area contributed by atoms with Gasteiger partial charge in [-0.2, -0.15) is 10.2 Å². The standard InChI is InChI=1S/C21H16Cl2FN5O2/c22-15-3-1-14(2-4-15)11-29-12-18(23)20(27-29)25-21(30)19-9-10-28(26-19)13-31-17-7-5-16(24)6-8-17/h1-10,12H,11,13H2,(H,25,27,30). The van der Waals surface area contributed by atoms with Gasteiger partial charge in [0.05, 0.1) is 6.54 Å². The summed E-state index contributed by atoms with van der Waals surface area (Å²) in [6.07, 6.45) is 3.22. The molecule has 0 saturated carbocycles. The van der Waals surface area contributed by atoms with Gasteiger partial charge >= 0.3 is 0 Å². The number of rotatable bonds is 7. The first-order valence-electron chi connectivity index (χ1n) is 9.17. The number of carbonyl (C=O) groups is 1. The fourth-order valence-corrected chi connectivity index (χ4v) is 3.06. The molecule has 4 rings (SSSR count). The van der Waals surface area contributed by atoms with Crippen molar-refractivity contribution in [3.05, 3.63) is 94.1 Å². The van der Waals surface area contributed by atoms with Crippen LogP contribution >= 0.6 is 23.2 Å². The maximum absolute atomic E-state index is 12.9. The summed E-state index contributed by atoms with van der Waals surface area (Å²) >= 11 is 12.1. The highest BCUT2D eigenvalue weighted by Gasteiger charge is 2.15. The Morgan fingerprint density at radius 2 is 1.74 bits per heavy atom. The minimum atomic E-state index is -0.459. The molecular weight excluding hydrogens is 444 g/mol.